The maximum absolute atomic E-state index is 13.2. The second-order valence-electron chi connectivity index (χ2n) is 8.67. The van der Waals surface area contributed by atoms with Gasteiger partial charge in [0.25, 0.3) is 0 Å². The number of carbonyl (C=O) groups is 3. The summed E-state index contributed by atoms with van der Waals surface area (Å²) in [5.41, 5.74) is 1.41. The molecule has 2 fully saturated rings. The third-order valence-electron chi connectivity index (χ3n) is 6.12. The molecule has 2 saturated heterocycles. The van der Waals surface area contributed by atoms with E-state index in [2.05, 4.69) is 21.0 Å². The minimum Gasteiger partial charge on any atom is -0.497 e. The van der Waals surface area contributed by atoms with Crippen LogP contribution >= 0.6 is 11.3 Å². The van der Waals surface area contributed by atoms with Crippen molar-refractivity contribution in [1.82, 2.24) is 20.4 Å². The number of aromatic nitrogens is 2. The van der Waals surface area contributed by atoms with Gasteiger partial charge in [0.05, 0.1) is 17.9 Å². The first-order valence-electron chi connectivity index (χ1n) is 11.4. The molecule has 3 unspecified atom stereocenters. The predicted octanol–water partition coefficient (Wildman–Crippen LogP) is 2.57. The molecule has 3 aromatic rings. The number of amides is 3. The van der Waals surface area contributed by atoms with Crippen molar-refractivity contribution < 1.29 is 19.1 Å². The maximum atomic E-state index is 13.2. The minimum atomic E-state index is -0.601. The van der Waals surface area contributed by atoms with Crippen LogP contribution in [0.1, 0.15) is 26.1 Å². The fourth-order valence-corrected chi connectivity index (χ4v) is 5.03. The van der Waals surface area contributed by atoms with Crippen LogP contribution in [-0.4, -0.2) is 47.2 Å². The number of ether oxygens (including phenoxy) is 1. The van der Waals surface area contributed by atoms with Crippen molar-refractivity contribution in [3.8, 4) is 16.3 Å². The Bertz CT molecular complexity index is 1240. The summed E-state index contributed by atoms with van der Waals surface area (Å²) in [7, 11) is 1.58. The van der Waals surface area contributed by atoms with Gasteiger partial charge < -0.3 is 20.3 Å². The van der Waals surface area contributed by atoms with Crippen LogP contribution in [0.25, 0.3) is 10.6 Å². The topological polar surface area (TPSA) is 118 Å². The lowest BCUT2D eigenvalue weighted by molar-refractivity contribution is -0.125. The van der Waals surface area contributed by atoms with Gasteiger partial charge in [0.15, 0.2) is 6.29 Å². The van der Waals surface area contributed by atoms with Gasteiger partial charge in [-0.2, -0.15) is 5.10 Å². The Labute approximate surface area is 206 Å². The van der Waals surface area contributed by atoms with Crippen molar-refractivity contribution in [1.29, 1.82) is 0 Å². The molecule has 3 amide bonds. The van der Waals surface area contributed by atoms with E-state index in [1.54, 1.807) is 47.0 Å². The molecule has 2 aliphatic rings. The van der Waals surface area contributed by atoms with Crippen LogP contribution in [0.3, 0.4) is 0 Å². The van der Waals surface area contributed by atoms with Crippen LogP contribution in [0.2, 0.25) is 0 Å². The number of hydrogen-bond donors (Lipinski definition) is 3. The molecule has 0 spiro atoms. The number of carbonyl (C=O) groups excluding carboxylic acids is 3. The maximum Gasteiger partial charge on any atom is 0.230 e. The zero-order valence-electron chi connectivity index (χ0n) is 19.4. The second-order valence-corrected chi connectivity index (χ2v) is 9.62. The third-order valence-corrected chi connectivity index (χ3v) is 7.01. The Balaban J connectivity index is 1.36. The molecule has 0 radical (unpaired) electrons. The van der Waals surface area contributed by atoms with E-state index in [0.717, 1.165) is 10.6 Å². The molecule has 1 aromatic carbocycles. The highest BCUT2D eigenvalue weighted by Crippen LogP contribution is 2.30. The largest absolute Gasteiger partial charge is 0.497 e. The average molecular weight is 495 g/mol. The predicted molar refractivity (Wildman–Crippen MR) is 132 cm³/mol. The third kappa shape index (κ3) is 4.77. The van der Waals surface area contributed by atoms with Gasteiger partial charge in [0.1, 0.15) is 17.3 Å². The van der Waals surface area contributed by atoms with Gasteiger partial charge in [-0.25, -0.2) is 4.68 Å². The molecule has 2 aliphatic heterocycles. The first-order chi connectivity index (χ1) is 16.9. The SMILES string of the molecule is COc1ccc(N2CC(C(=O)Nc3cc(-c4cccs4)nn3C3NC(=O)CC(C)N3)CC2=O)cc1. The summed E-state index contributed by atoms with van der Waals surface area (Å²) >= 11 is 1.53. The number of methoxy groups -OCH3 is 1. The Morgan fingerprint density at radius 3 is 2.69 bits per heavy atom. The molecule has 0 aliphatic carbocycles. The zero-order valence-corrected chi connectivity index (χ0v) is 20.2. The highest BCUT2D eigenvalue weighted by Gasteiger charge is 2.36. The molecule has 0 bridgehead atoms. The van der Waals surface area contributed by atoms with Gasteiger partial charge in [-0.3, -0.25) is 19.7 Å². The summed E-state index contributed by atoms with van der Waals surface area (Å²) < 4.78 is 6.76. The van der Waals surface area contributed by atoms with Crippen LogP contribution in [0.5, 0.6) is 5.75 Å². The zero-order chi connectivity index (χ0) is 24.5. The molecule has 0 saturated carbocycles. The average Bonchev–Trinajstić information content (AvgIpc) is 3.58. The number of benzene rings is 1. The number of nitrogens with zero attached hydrogens (tertiary/aromatic N) is 3. The van der Waals surface area contributed by atoms with Gasteiger partial charge in [0, 0.05) is 37.2 Å². The van der Waals surface area contributed by atoms with Crippen molar-refractivity contribution in [3.05, 3.63) is 47.8 Å². The standard InChI is InChI=1S/C24H26N6O4S/c1-14-10-21(31)27-24(25-14)30-20(12-18(28-30)19-4-3-9-35-19)26-23(33)15-11-22(32)29(13-15)16-5-7-17(34-2)8-6-16/h3-9,12,14-15,24-25H,10-11,13H2,1-2H3,(H,26,33)(H,27,31). The molecular formula is C24H26N6O4S. The summed E-state index contributed by atoms with van der Waals surface area (Å²) in [6, 6.07) is 12.8. The smallest absolute Gasteiger partial charge is 0.230 e. The van der Waals surface area contributed by atoms with Crippen LogP contribution in [0.4, 0.5) is 11.5 Å². The van der Waals surface area contributed by atoms with E-state index < -0.39 is 12.2 Å². The van der Waals surface area contributed by atoms with Gasteiger partial charge in [0.2, 0.25) is 17.7 Å². The molecular weight excluding hydrogens is 468 g/mol. The van der Waals surface area contributed by atoms with Gasteiger partial charge in [-0.05, 0) is 42.6 Å². The number of nitrogens with one attached hydrogen (secondary N) is 3. The molecule has 11 heteroatoms. The molecule has 3 atom stereocenters. The lowest BCUT2D eigenvalue weighted by Gasteiger charge is -2.30. The van der Waals surface area contributed by atoms with E-state index in [1.165, 1.54) is 11.3 Å². The summed E-state index contributed by atoms with van der Waals surface area (Å²) in [5.74, 6) is 0.138. The Morgan fingerprint density at radius 1 is 1.20 bits per heavy atom. The molecule has 2 aromatic heterocycles. The molecule has 4 heterocycles. The first-order valence-corrected chi connectivity index (χ1v) is 12.2. The fraction of sp³-hybridized carbons (Fsp3) is 0.333. The number of anilines is 2. The van der Waals surface area contributed by atoms with Gasteiger partial charge >= 0.3 is 0 Å². The van der Waals surface area contributed by atoms with E-state index in [1.807, 2.05) is 24.4 Å². The Morgan fingerprint density at radius 2 is 2.00 bits per heavy atom. The van der Waals surface area contributed by atoms with Crippen molar-refractivity contribution in [3.63, 3.8) is 0 Å². The lowest BCUT2D eigenvalue weighted by Crippen LogP contribution is -2.52. The van der Waals surface area contributed by atoms with Crippen LogP contribution < -0.4 is 25.6 Å². The highest BCUT2D eigenvalue weighted by molar-refractivity contribution is 7.13. The highest BCUT2D eigenvalue weighted by atomic mass is 32.1. The lowest BCUT2D eigenvalue weighted by atomic mass is 10.1. The fourth-order valence-electron chi connectivity index (χ4n) is 4.34. The molecule has 35 heavy (non-hydrogen) atoms. The monoisotopic (exact) mass is 494 g/mol. The normalized spacial score (nSPS) is 22.2. The van der Waals surface area contributed by atoms with Gasteiger partial charge in [-0.15, -0.1) is 11.3 Å². The van der Waals surface area contributed by atoms with Crippen LogP contribution in [0, 0.1) is 5.92 Å². The summed E-state index contributed by atoms with van der Waals surface area (Å²) in [6.45, 7) is 2.20. The van der Waals surface area contributed by atoms with Crippen molar-refractivity contribution >= 4 is 40.6 Å². The quantitative estimate of drug-likeness (QED) is 0.485. The molecule has 5 rings (SSSR count). The summed E-state index contributed by atoms with van der Waals surface area (Å²) in [5, 5.41) is 15.7. The van der Waals surface area contributed by atoms with E-state index in [0.29, 0.717) is 23.7 Å². The van der Waals surface area contributed by atoms with Crippen molar-refractivity contribution in [2.45, 2.75) is 32.1 Å². The van der Waals surface area contributed by atoms with E-state index in [-0.39, 0.29) is 36.7 Å². The Kier molecular flexibility index (Phi) is 6.27. The minimum absolute atomic E-state index is 0.0443. The van der Waals surface area contributed by atoms with E-state index in [4.69, 9.17) is 4.74 Å². The van der Waals surface area contributed by atoms with Crippen LogP contribution in [0.15, 0.2) is 47.8 Å². The number of hydrogen-bond acceptors (Lipinski definition) is 7. The Hall–Kier alpha value is -3.70. The first kappa shape index (κ1) is 23.1. The van der Waals surface area contributed by atoms with Gasteiger partial charge in [-0.1, -0.05) is 6.07 Å². The van der Waals surface area contributed by atoms with Crippen LogP contribution in [-0.2, 0) is 14.4 Å². The second kappa shape index (κ2) is 9.51. The van der Waals surface area contributed by atoms with E-state index in [9.17, 15) is 14.4 Å². The number of rotatable bonds is 6. The summed E-state index contributed by atoms with van der Waals surface area (Å²) in [6.07, 6.45) is -0.127. The van der Waals surface area contributed by atoms with Crippen molar-refractivity contribution in [2.24, 2.45) is 5.92 Å². The summed E-state index contributed by atoms with van der Waals surface area (Å²) in [4.78, 5) is 40.6. The molecule has 182 valence electrons. The molecule has 10 nitrogen and oxygen atoms in total. The van der Waals surface area contributed by atoms with Crippen molar-refractivity contribution in [2.75, 3.05) is 23.9 Å². The van der Waals surface area contributed by atoms with E-state index >= 15 is 0 Å². The molecule has 3 N–H and O–H groups in total. The number of thiophene rings is 1.